The van der Waals surface area contributed by atoms with Gasteiger partial charge in [-0.1, -0.05) is 26.0 Å². The molecule has 33 heavy (non-hydrogen) atoms. The minimum Gasteiger partial charge on any atom is -0.497 e. The Morgan fingerprint density at radius 2 is 1.82 bits per heavy atom. The summed E-state index contributed by atoms with van der Waals surface area (Å²) >= 11 is 0. The smallest absolute Gasteiger partial charge is 0.225 e. The van der Waals surface area contributed by atoms with E-state index in [2.05, 4.69) is 22.0 Å². The van der Waals surface area contributed by atoms with E-state index in [0.29, 0.717) is 19.6 Å². The predicted octanol–water partition coefficient (Wildman–Crippen LogP) is 3.65. The van der Waals surface area contributed by atoms with E-state index in [9.17, 15) is 4.79 Å². The minimum atomic E-state index is -0.0102. The number of para-hydroxylation sites is 1. The third kappa shape index (κ3) is 3.65. The van der Waals surface area contributed by atoms with Crippen LogP contribution in [0.2, 0.25) is 0 Å². The number of nitrogens with zero attached hydrogens (tertiary/aromatic N) is 6. The number of amides is 1. The quantitative estimate of drug-likeness (QED) is 0.478. The fraction of sp³-hybridized carbons (Fsp3) is 0.360. The first kappa shape index (κ1) is 21.2. The summed E-state index contributed by atoms with van der Waals surface area (Å²) in [5, 5.41) is 10.1. The first-order chi connectivity index (χ1) is 16.0. The summed E-state index contributed by atoms with van der Waals surface area (Å²) in [4.78, 5) is 21.9. The fourth-order valence-corrected chi connectivity index (χ4v) is 4.50. The number of hydrogen-bond acceptors (Lipinski definition) is 6. The molecule has 2 aromatic carbocycles. The number of benzene rings is 2. The van der Waals surface area contributed by atoms with Gasteiger partial charge < -0.3 is 14.5 Å². The largest absolute Gasteiger partial charge is 0.497 e. The Morgan fingerprint density at radius 1 is 1.06 bits per heavy atom. The molecule has 1 aliphatic rings. The average molecular weight is 445 g/mol. The van der Waals surface area contributed by atoms with Crippen LogP contribution in [0.3, 0.4) is 0 Å². The van der Waals surface area contributed by atoms with Gasteiger partial charge in [0.15, 0.2) is 11.5 Å². The Bertz CT molecular complexity index is 1310. The van der Waals surface area contributed by atoms with E-state index in [1.54, 1.807) is 7.11 Å². The number of carbonyl (C=O) groups excluding carboxylic acids is 1. The second-order valence-electron chi connectivity index (χ2n) is 8.82. The van der Waals surface area contributed by atoms with Gasteiger partial charge in [-0.25, -0.2) is 9.38 Å². The van der Waals surface area contributed by atoms with Gasteiger partial charge >= 0.3 is 0 Å². The summed E-state index contributed by atoms with van der Waals surface area (Å²) < 4.78 is 7.35. The topological polar surface area (TPSA) is 75.9 Å². The Balaban J connectivity index is 1.63. The molecule has 1 unspecified atom stereocenters. The van der Waals surface area contributed by atoms with Crippen LogP contribution in [0.5, 0.6) is 5.75 Å². The fourth-order valence-electron chi connectivity index (χ4n) is 4.50. The molecule has 8 heteroatoms. The van der Waals surface area contributed by atoms with E-state index in [-0.39, 0.29) is 17.9 Å². The zero-order chi connectivity index (χ0) is 23.1. The van der Waals surface area contributed by atoms with E-state index in [1.165, 1.54) is 0 Å². The van der Waals surface area contributed by atoms with Crippen molar-refractivity contribution in [2.24, 2.45) is 5.92 Å². The highest BCUT2D eigenvalue weighted by Gasteiger charge is 2.31. The highest BCUT2D eigenvalue weighted by molar-refractivity contribution is 5.93. The molecule has 4 aromatic rings. The number of carbonyl (C=O) groups is 1. The second-order valence-corrected chi connectivity index (χ2v) is 8.82. The second kappa shape index (κ2) is 8.35. The molecule has 0 spiro atoms. The zero-order valence-electron chi connectivity index (χ0n) is 19.4. The Hall–Kier alpha value is -3.68. The number of anilines is 1. The molecule has 0 N–H and O–H groups in total. The first-order valence-electron chi connectivity index (χ1n) is 11.3. The normalized spacial score (nSPS) is 16.7. The van der Waals surface area contributed by atoms with Crippen molar-refractivity contribution in [2.45, 2.75) is 26.8 Å². The molecule has 1 atom stereocenters. The maximum atomic E-state index is 12.6. The molecule has 0 bridgehead atoms. The van der Waals surface area contributed by atoms with Gasteiger partial charge in [-0.2, -0.15) is 0 Å². The summed E-state index contributed by atoms with van der Waals surface area (Å²) in [6.07, 6.45) is 0. The van der Waals surface area contributed by atoms with E-state index >= 15 is 0 Å². The number of rotatable bonds is 4. The lowest BCUT2D eigenvalue weighted by atomic mass is 10.1. The van der Waals surface area contributed by atoms with Crippen LogP contribution >= 0.6 is 0 Å². The molecule has 170 valence electrons. The molecule has 8 nitrogen and oxygen atoms in total. The standard InChI is InChI=1S/C25H28N6O2/c1-16(2)24(32)30-14-13-29(15-17(30)3)25-26-21-8-6-5-7-20(21)23-28-27-22(31(23)25)18-9-11-19(33-4)12-10-18/h5-12,16-17H,13-15H2,1-4H3. The molecule has 5 rings (SSSR count). The number of methoxy groups -OCH3 is 1. The zero-order valence-corrected chi connectivity index (χ0v) is 19.4. The Morgan fingerprint density at radius 3 is 2.52 bits per heavy atom. The molecule has 1 fully saturated rings. The Kier molecular flexibility index (Phi) is 5.36. The monoisotopic (exact) mass is 444 g/mol. The predicted molar refractivity (Wildman–Crippen MR) is 129 cm³/mol. The lowest BCUT2D eigenvalue weighted by Gasteiger charge is -2.41. The van der Waals surface area contributed by atoms with E-state index in [0.717, 1.165) is 39.6 Å². The van der Waals surface area contributed by atoms with Gasteiger partial charge in [0, 0.05) is 42.5 Å². The third-order valence-electron chi connectivity index (χ3n) is 6.26. The van der Waals surface area contributed by atoms with Crippen LogP contribution in [0.25, 0.3) is 27.9 Å². The van der Waals surface area contributed by atoms with Crippen LogP contribution in [-0.2, 0) is 4.79 Å². The maximum absolute atomic E-state index is 12.6. The molecule has 0 radical (unpaired) electrons. The van der Waals surface area contributed by atoms with Crippen molar-refractivity contribution < 1.29 is 9.53 Å². The van der Waals surface area contributed by atoms with Crippen LogP contribution < -0.4 is 9.64 Å². The third-order valence-corrected chi connectivity index (χ3v) is 6.26. The number of aromatic nitrogens is 4. The van der Waals surface area contributed by atoms with Gasteiger partial charge in [-0.3, -0.25) is 4.79 Å². The molecule has 0 saturated carbocycles. The number of ether oxygens (including phenoxy) is 1. The molecular weight excluding hydrogens is 416 g/mol. The van der Waals surface area contributed by atoms with Gasteiger partial charge in [-0.05, 0) is 43.3 Å². The molecule has 1 saturated heterocycles. The summed E-state index contributed by atoms with van der Waals surface area (Å²) in [7, 11) is 1.65. The van der Waals surface area contributed by atoms with E-state index in [4.69, 9.17) is 9.72 Å². The van der Waals surface area contributed by atoms with Crippen molar-refractivity contribution in [2.75, 3.05) is 31.6 Å². The number of piperazine rings is 1. The average Bonchev–Trinajstić information content (AvgIpc) is 3.28. The molecule has 1 aliphatic heterocycles. The van der Waals surface area contributed by atoms with E-state index < -0.39 is 0 Å². The van der Waals surface area contributed by atoms with Gasteiger partial charge in [-0.15, -0.1) is 10.2 Å². The lowest BCUT2D eigenvalue weighted by molar-refractivity contribution is -0.136. The van der Waals surface area contributed by atoms with Gasteiger partial charge in [0.1, 0.15) is 5.75 Å². The van der Waals surface area contributed by atoms with Gasteiger partial charge in [0.25, 0.3) is 0 Å². The number of fused-ring (bicyclic) bond motifs is 3. The minimum absolute atomic E-state index is 0.0102. The van der Waals surface area contributed by atoms with Crippen LogP contribution in [0, 0.1) is 5.92 Å². The summed E-state index contributed by atoms with van der Waals surface area (Å²) in [5.41, 5.74) is 2.58. The van der Waals surface area contributed by atoms with Gasteiger partial charge in [0.2, 0.25) is 11.9 Å². The van der Waals surface area contributed by atoms with Crippen molar-refractivity contribution in [3.8, 4) is 17.1 Å². The number of hydrogen-bond donors (Lipinski definition) is 0. The van der Waals surface area contributed by atoms with Crippen molar-refractivity contribution in [3.63, 3.8) is 0 Å². The Labute approximate surface area is 192 Å². The molecular formula is C25H28N6O2. The van der Waals surface area contributed by atoms with Crippen LogP contribution in [0.15, 0.2) is 48.5 Å². The van der Waals surface area contributed by atoms with Crippen LogP contribution in [0.4, 0.5) is 5.95 Å². The van der Waals surface area contributed by atoms with E-state index in [1.807, 2.05) is 71.7 Å². The van der Waals surface area contributed by atoms with Gasteiger partial charge in [0.05, 0.1) is 12.6 Å². The van der Waals surface area contributed by atoms with Crippen LogP contribution in [-0.4, -0.2) is 63.2 Å². The molecule has 1 amide bonds. The van der Waals surface area contributed by atoms with Crippen molar-refractivity contribution in [1.29, 1.82) is 0 Å². The summed E-state index contributed by atoms with van der Waals surface area (Å²) in [6, 6.07) is 15.9. The molecule has 0 aliphatic carbocycles. The first-order valence-corrected chi connectivity index (χ1v) is 11.3. The van der Waals surface area contributed by atoms with Crippen LogP contribution in [0.1, 0.15) is 20.8 Å². The molecule has 3 heterocycles. The highest BCUT2D eigenvalue weighted by atomic mass is 16.5. The maximum Gasteiger partial charge on any atom is 0.225 e. The SMILES string of the molecule is COc1ccc(-c2nnc3c4ccccc4nc(N4CCN(C(=O)C(C)C)C(C)C4)n23)cc1. The van der Waals surface area contributed by atoms with Crippen molar-refractivity contribution in [1.82, 2.24) is 24.5 Å². The van der Waals surface area contributed by atoms with Crippen molar-refractivity contribution >= 4 is 28.4 Å². The highest BCUT2D eigenvalue weighted by Crippen LogP contribution is 2.30. The van der Waals surface area contributed by atoms with Crippen molar-refractivity contribution in [3.05, 3.63) is 48.5 Å². The molecule has 2 aromatic heterocycles. The summed E-state index contributed by atoms with van der Waals surface area (Å²) in [6.45, 7) is 8.06. The lowest BCUT2D eigenvalue weighted by Crippen LogP contribution is -2.55. The summed E-state index contributed by atoms with van der Waals surface area (Å²) in [5.74, 6) is 2.50.